The number of methoxy groups -OCH3 is 1. The number of anilines is 1. The van der Waals surface area contributed by atoms with Crippen molar-refractivity contribution >= 4 is 39.4 Å². The van der Waals surface area contributed by atoms with Crippen molar-refractivity contribution in [1.29, 1.82) is 0 Å². The summed E-state index contributed by atoms with van der Waals surface area (Å²) in [6.45, 7) is 0.0710. The number of hydrogen-bond acceptors (Lipinski definition) is 6. The fraction of sp³-hybridized carbons (Fsp3) is 0.0909. The third kappa shape index (κ3) is 6.56. The van der Waals surface area contributed by atoms with E-state index in [0.29, 0.717) is 27.7 Å². The molecule has 9 heteroatoms. The van der Waals surface area contributed by atoms with Gasteiger partial charge in [0, 0.05) is 23.5 Å². The van der Waals surface area contributed by atoms with Gasteiger partial charge >= 0.3 is 5.97 Å². The predicted octanol–water partition coefficient (Wildman–Crippen LogP) is 4.30. The van der Waals surface area contributed by atoms with Crippen LogP contribution < -0.4 is 9.46 Å². The van der Waals surface area contributed by atoms with Crippen LogP contribution in [0.2, 0.25) is 5.15 Å². The van der Waals surface area contributed by atoms with Gasteiger partial charge in [0.2, 0.25) is 0 Å². The lowest BCUT2D eigenvalue weighted by Gasteiger charge is -2.09. The van der Waals surface area contributed by atoms with E-state index in [0.717, 1.165) is 0 Å². The van der Waals surface area contributed by atoms with Crippen LogP contribution in [0.1, 0.15) is 11.1 Å². The second-order valence-electron chi connectivity index (χ2n) is 6.33. The molecule has 7 nitrogen and oxygen atoms in total. The summed E-state index contributed by atoms with van der Waals surface area (Å²) in [5.74, 6) is 0.0928. The number of hydrogen-bond donors (Lipinski definition) is 1. The van der Waals surface area contributed by atoms with Crippen molar-refractivity contribution in [2.45, 2.75) is 11.5 Å². The van der Waals surface area contributed by atoms with Crippen LogP contribution in [0.5, 0.6) is 5.75 Å². The highest BCUT2D eigenvalue weighted by Crippen LogP contribution is 2.20. The molecule has 0 bridgehead atoms. The van der Waals surface area contributed by atoms with Crippen LogP contribution in [0, 0.1) is 0 Å². The molecule has 3 aromatic rings. The lowest BCUT2D eigenvalue weighted by atomic mass is 10.2. The molecule has 0 aliphatic carbocycles. The standard InChI is InChI=1S/C22H19ClN2O5S/c1-29-19-8-6-18(7-9-19)25-31(27,28)20-10-2-16(3-11-20)5-13-22(26)30-15-17-4-12-21(23)24-14-17/h2-14,25H,15H2,1H3/b13-5+. The Morgan fingerprint density at radius 1 is 1.06 bits per heavy atom. The molecule has 0 atom stereocenters. The van der Waals surface area contributed by atoms with Gasteiger partial charge in [0.25, 0.3) is 10.0 Å². The van der Waals surface area contributed by atoms with E-state index in [9.17, 15) is 13.2 Å². The molecule has 2 aromatic carbocycles. The summed E-state index contributed by atoms with van der Waals surface area (Å²) in [7, 11) is -2.21. The second-order valence-corrected chi connectivity index (χ2v) is 8.40. The van der Waals surface area contributed by atoms with Crippen molar-refractivity contribution in [2.75, 3.05) is 11.8 Å². The van der Waals surface area contributed by atoms with Crippen LogP contribution in [0.4, 0.5) is 5.69 Å². The normalized spacial score (nSPS) is 11.3. The van der Waals surface area contributed by atoms with Gasteiger partial charge in [0.15, 0.2) is 0 Å². The Balaban J connectivity index is 1.58. The zero-order chi connectivity index (χ0) is 22.3. The molecule has 1 heterocycles. The van der Waals surface area contributed by atoms with Crippen LogP contribution in [-0.4, -0.2) is 26.5 Å². The number of pyridine rings is 1. The fourth-order valence-corrected chi connectivity index (χ4v) is 3.66. The molecule has 0 saturated heterocycles. The van der Waals surface area contributed by atoms with E-state index in [1.165, 1.54) is 37.6 Å². The minimum Gasteiger partial charge on any atom is -0.497 e. The molecule has 0 amide bonds. The molecule has 0 aliphatic heterocycles. The van der Waals surface area contributed by atoms with Gasteiger partial charge in [0.05, 0.1) is 12.0 Å². The lowest BCUT2D eigenvalue weighted by molar-refractivity contribution is -0.138. The molecule has 0 radical (unpaired) electrons. The number of sulfonamides is 1. The highest BCUT2D eigenvalue weighted by Gasteiger charge is 2.14. The molecule has 160 valence electrons. The number of carbonyl (C=O) groups is 1. The van der Waals surface area contributed by atoms with E-state index in [4.69, 9.17) is 21.1 Å². The Hall–Kier alpha value is -3.36. The van der Waals surface area contributed by atoms with Crippen molar-refractivity contribution in [1.82, 2.24) is 4.98 Å². The number of halogens is 1. The summed E-state index contributed by atoms with van der Waals surface area (Å²) in [5, 5.41) is 0.361. The van der Waals surface area contributed by atoms with Crippen molar-refractivity contribution in [3.63, 3.8) is 0 Å². The number of nitrogens with zero attached hydrogens (tertiary/aromatic N) is 1. The number of benzene rings is 2. The molecule has 0 aliphatic rings. The topological polar surface area (TPSA) is 94.6 Å². The first-order valence-corrected chi connectivity index (χ1v) is 10.9. The molecule has 3 rings (SSSR count). The summed E-state index contributed by atoms with van der Waals surface area (Å²) < 4.78 is 37.7. The Labute approximate surface area is 185 Å². The van der Waals surface area contributed by atoms with Gasteiger partial charge in [0.1, 0.15) is 17.5 Å². The zero-order valence-corrected chi connectivity index (χ0v) is 18.1. The highest BCUT2D eigenvalue weighted by atomic mass is 35.5. The van der Waals surface area contributed by atoms with E-state index in [1.807, 2.05) is 0 Å². The van der Waals surface area contributed by atoms with Gasteiger partial charge in [-0.05, 0) is 54.1 Å². The monoisotopic (exact) mass is 458 g/mol. The number of esters is 1. The summed E-state index contributed by atoms with van der Waals surface area (Å²) in [6, 6.07) is 16.0. The van der Waals surface area contributed by atoms with Crippen LogP contribution >= 0.6 is 11.6 Å². The van der Waals surface area contributed by atoms with Gasteiger partial charge < -0.3 is 9.47 Å². The van der Waals surface area contributed by atoms with E-state index in [1.54, 1.807) is 48.5 Å². The van der Waals surface area contributed by atoms with Gasteiger partial charge in [-0.2, -0.15) is 0 Å². The van der Waals surface area contributed by atoms with Gasteiger partial charge in [-0.25, -0.2) is 18.2 Å². The minimum atomic E-state index is -3.75. The van der Waals surface area contributed by atoms with Crippen LogP contribution in [-0.2, 0) is 26.2 Å². The molecule has 1 aromatic heterocycles. The minimum absolute atomic E-state index is 0.0710. The smallest absolute Gasteiger partial charge is 0.331 e. The summed E-state index contributed by atoms with van der Waals surface area (Å²) in [6.07, 6.45) is 4.33. The maximum atomic E-state index is 12.5. The van der Waals surface area contributed by atoms with Crippen LogP contribution in [0.25, 0.3) is 6.08 Å². The first-order chi connectivity index (χ1) is 14.9. The molecule has 31 heavy (non-hydrogen) atoms. The fourth-order valence-electron chi connectivity index (χ4n) is 2.49. The average molecular weight is 459 g/mol. The number of aromatic nitrogens is 1. The Morgan fingerprint density at radius 2 is 1.77 bits per heavy atom. The van der Waals surface area contributed by atoms with Crippen molar-refractivity contribution in [2.24, 2.45) is 0 Å². The maximum absolute atomic E-state index is 12.5. The van der Waals surface area contributed by atoms with E-state index < -0.39 is 16.0 Å². The van der Waals surface area contributed by atoms with Gasteiger partial charge in [-0.15, -0.1) is 0 Å². The van der Waals surface area contributed by atoms with Crippen LogP contribution in [0.15, 0.2) is 77.8 Å². The Bertz CT molecular complexity index is 1160. The molecule has 0 unspecified atom stereocenters. The SMILES string of the molecule is COc1ccc(NS(=O)(=O)c2ccc(/C=C/C(=O)OCc3ccc(Cl)nc3)cc2)cc1. The van der Waals surface area contributed by atoms with Gasteiger partial charge in [-0.3, -0.25) is 4.72 Å². The molecular formula is C22H19ClN2O5S. The zero-order valence-electron chi connectivity index (χ0n) is 16.5. The molecule has 0 fully saturated rings. The maximum Gasteiger partial charge on any atom is 0.331 e. The first kappa shape index (κ1) is 22.3. The van der Waals surface area contributed by atoms with Gasteiger partial charge in [-0.1, -0.05) is 29.8 Å². The Kier molecular flexibility index (Phi) is 7.28. The van der Waals surface area contributed by atoms with E-state index in [-0.39, 0.29) is 11.5 Å². The van der Waals surface area contributed by atoms with Crippen molar-refractivity contribution < 1.29 is 22.7 Å². The first-order valence-electron chi connectivity index (χ1n) is 9.08. The van der Waals surface area contributed by atoms with Crippen LogP contribution in [0.3, 0.4) is 0 Å². The molecule has 1 N–H and O–H groups in total. The predicted molar refractivity (Wildman–Crippen MR) is 118 cm³/mol. The van der Waals surface area contributed by atoms with E-state index in [2.05, 4.69) is 9.71 Å². The summed E-state index contributed by atoms with van der Waals surface area (Å²) >= 11 is 5.71. The largest absolute Gasteiger partial charge is 0.497 e. The lowest BCUT2D eigenvalue weighted by Crippen LogP contribution is -2.12. The third-order valence-corrected chi connectivity index (χ3v) is 5.74. The number of carbonyl (C=O) groups excluding carboxylic acids is 1. The Morgan fingerprint density at radius 3 is 2.39 bits per heavy atom. The van der Waals surface area contributed by atoms with E-state index >= 15 is 0 Å². The molecule has 0 saturated carbocycles. The second kappa shape index (κ2) is 10.1. The highest BCUT2D eigenvalue weighted by molar-refractivity contribution is 7.92. The average Bonchev–Trinajstić information content (AvgIpc) is 2.78. The molecule has 0 spiro atoms. The molecular weight excluding hydrogens is 440 g/mol. The number of ether oxygens (including phenoxy) is 2. The summed E-state index contributed by atoms with van der Waals surface area (Å²) in [4.78, 5) is 15.9. The number of rotatable bonds is 8. The quantitative estimate of drug-likeness (QED) is 0.307. The van der Waals surface area contributed by atoms with Crippen molar-refractivity contribution in [3.8, 4) is 5.75 Å². The van der Waals surface area contributed by atoms with Crippen molar-refractivity contribution in [3.05, 3.63) is 89.2 Å². The summed E-state index contributed by atoms with van der Waals surface area (Å²) in [5.41, 5.74) is 1.78. The third-order valence-electron chi connectivity index (χ3n) is 4.11. The number of nitrogens with one attached hydrogen (secondary N) is 1.